The zero-order chi connectivity index (χ0) is 35.7. The average molecular weight is 719 g/mol. The highest BCUT2D eigenvalue weighted by Gasteiger charge is 2.51. The van der Waals surface area contributed by atoms with Gasteiger partial charge in [-0.3, -0.25) is 0 Å². The van der Waals surface area contributed by atoms with Gasteiger partial charge in [0.05, 0.1) is 25.9 Å². The molecular formula is C44H50N2O5S. The van der Waals surface area contributed by atoms with Gasteiger partial charge < -0.3 is 30.0 Å². The molecule has 5 aliphatic rings. The molecule has 4 saturated carbocycles. The zero-order valence-corrected chi connectivity index (χ0v) is 30.9. The van der Waals surface area contributed by atoms with E-state index in [1.807, 2.05) is 30.3 Å². The van der Waals surface area contributed by atoms with Crippen LogP contribution in [0, 0.1) is 23.7 Å². The van der Waals surface area contributed by atoms with Crippen molar-refractivity contribution in [2.75, 3.05) is 12.9 Å². The molecule has 0 unspecified atom stereocenters. The Morgan fingerprint density at radius 3 is 2.23 bits per heavy atom. The van der Waals surface area contributed by atoms with Crippen LogP contribution in [0.25, 0.3) is 11.1 Å². The van der Waals surface area contributed by atoms with Crippen molar-refractivity contribution in [2.45, 2.75) is 87.5 Å². The van der Waals surface area contributed by atoms with Crippen molar-refractivity contribution in [2.24, 2.45) is 23.7 Å². The van der Waals surface area contributed by atoms with E-state index in [2.05, 4.69) is 84.3 Å². The van der Waals surface area contributed by atoms with Crippen molar-refractivity contribution in [3.63, 3.8) is 0 Å². The number of para-hydroxylation sites is 1. The van der Waals surface area contributed by atoms with E-state index in [0.717, 1.165) is 86.8 Å². The van der Waals surface area contributed by atoms with Crippen LogP contribution in [0.5, 0.6) is 5.75 Å². The Morgan fingerprint density at radius 2 is 1.52 bits per heavy atom. The first kappa shape index (κ1) is 35.2. The van der Waals surface area contributed by atoms with Crippen LogP contribution in [0.15, 0.2) is 102 Å². The largest absolute Gasteiger partial charge is 0.496 e. The summed E-state index contributed by atoms with van der Waals surface area (Å²) >= 11 is 1.73. The third-order valence-electron chi connectivity index (χ3n) is 11.9. The van der Waals surface area contributed by atoms with E-state index in [9.17, 15) is 9.90 Å². The van der Waals surface area contributed by atoms with Gasteiger partial charge >= 0.3 is 6.03 Å². The van der Waals surface area contributed by atoms with Crippen LogP contribution in [0.3, 0.4) is 0 Å². The molecule has 0 aromatic heterocycles. The Bertz CT molecular complexity index is 1830. The van der Waals surface area contributed by atoms with Gasteiger partial charge in [0.2, 0.25) is 0 Å². The normalized spacial score (nSPS) is 29.1. The van der Waals surface area contributed by atoms with Crippen LogP contribution in [-0.4, -0.2) is 35.6 Å². The maximum absolute atomic E-state index is 13.2. The lowest BCUT2D eigenvalue weighted by molar-refractivity contribution is -0.268. The first-order valence-corrected chi connectivity index (χ1v) is 19.9. The van der Waals surface area contributed by atoms with Crippen molar-refractivity contribution >= 4 is 17.8 Å². The van der Waals surface area contributed by atoms with Crippen molar-refractivity contribution in [1.82, 2.24) is 10.6 Å². The summed E-state index contributed by atoms with van der Waals surface area (Å²) in [7, 11) is 1.70. The lowest BCUT2D eigenvalue weighted by atomic mass is 9.53. The van der Waals surface area contributed by atoms with E-state index in [4.69, 9.17) is 14.2 Å². The van der Waals surface area contributed by atoms with Gasteiger partial charge in [0.25, 0.3) is 0 Å². The lowest BCUT2D eigenvalue weighted by Crippen LogP contribution is -2.61. The monoisotopic (exact) mass is 718 g/mol. The first-order chi connectivity index (χ1) is 25.4. The van der Waals surface area contributed by atoms with Gasteiger partial charge in [-0.1, -0.05) is 79.7 Å². The summed E-state index contributed by atoms with van der Waals surface area (Å²) in [6, 6.07) is 32.9. The van der Waals surface area contributed by atoms with Gasteiger partial charge in [-0.25, -0.2) is 4.79 Å². The van der Waals surface area contributed by atoms with Crippen LogP contribution >= 0.6 is 11.8 Å². The van der Waals surface area contributed by atoms with E-state index in [1.165, 1.54) is 19.3 Å². The van der Waals surface area contributed by atoms with Crippen molar-refractivity contribution in [1.29, 1.82) is 0 Å². The number of methoxy groups -OCH3 is 1. The quantitative estimate of drug-likeness (QED) is 0.134. The van der Waals surface area contributed by atoms with Crippen LogP contribution in [0.1, 0.15) is 80.1 Å². The molecule has 4 aromatic carbocycles. The Morgan fingerprint density at radius 1 is 0.827 bits per heavy atom. The van der Waals surface area contributed by atoms with Gasteiger partial charge in [0.1, 0.15) is 5.75 Å². The highest BCUT2D eigenvalue weighted by atomic mass is 32.2. The smallest absolute Gasteiger partial charge is 0.315 e. The van der Waals surface area contributed by atoms with Crippen LogP contribution in [0.4, 0.5) is 4.79 Å². The van der Waals surface area contributed by atoms with Crippen LogP contribution in [0.2, 0.25) is 0 Å². The summed E-state index contributed by atoms with van der Waals surface area (Å²) in [6.07, 6.45) is 6.64. The van der Waals surface area contributed by atoms with Crippen molar-refractivity contribution in [3.8, 4) is 16.9 Å². The van der Waals surface area contributed by atoms with E-state index < -0.39 is 6.29 Å². The maximum Gasteiger partial charge on any atom is 0.315 e. The fourth-order valence-corrected chi connectivity index (χ4v) is 10.9. The van der Waals surface area contributed by atoms with Crippen molar-refractivity contribution in [3.05, 3.63) is 119 Å². The number of rotatable bonds is 11. The predicted octanol–water partition coefficient (Wildman–Crippen LogP) is 9.21. The second kappa shape index (κ2) is 15.3. The minimum Gasteiger partial charge on any atom is -0.496 e. The van der Waals surface area contributed by atoms with Gasteiger partial charge in [-0.15, -0.1) is 11.8 Å². The number of amides is 2. The number of thioether (sulfide) groups is 1. The Kier molecular flexibility index (Phi) is 10.3. The number of aliphatic hydroxyl groups excluding tert-OH is 1. The number of urea groups is 1. The maximum atomic E-state index is 13.2. The number of carbonyl (C=O) groups is 1. The zero-order valence-electron chi connectivity index (χ0n) is 30.1. The summed E-state index contributed by atoms with van der Waals surface area (Å²) in [6.45, 7) is 2.67. The third-order valence-corrected chi connectivity index (χ3v) is 13.0. The number of hydrogen-bond acceptors (Lipinski definition) is 6. The van der Waals surface area contributed by atoms with E-state index in [-0.39, 0.29) is 36.3 Å². The van der Waals surface area contributed by atoms with E-state index in [0.29, 0.717) is 6.54 Å². The van der Waals surface area contributed by atoms with E-state index in [1.54, 1.807) is 18.9 Å². The highest BCUT2D eigenvalue weighted by Crippen LogP contribution is 2.55. The molecule has 2 amide bonds. The number of aliphatic hydroxyl groups is 1. The highest BCUT2D eigenvalue weighted by molar-refractivity contribution is 7.99. The molecule has 4 aromatic rings. The molecule has 1 heterocycles. The summed E-state index contributed by atoms with van der Waals surface area (Å²) in [5.41, 5.74) is 6.08. The van der Waals surface area contributed by atoms with Gasteiger partial charge in [-0.2, -0.15) is 0 Å². The predicted molar refractivity (Wildman–Crippen MR) is 205 cm³/mol. The van der Waals surface area contributed by atoms with Crippen LogP contribution < -0.4 is 15.4 Å². The molecule has 3 N–H and O–H groups in total. The second-order valence-electron chi connectivity index (χ2n) is 15.6. The van der Waals surface area contributed by atoms with Gasteiger partial charge in [0.15, 0.2) is 6.29 Å². The molecule has 4 atom stereocenters. The topological polar surface area (TPSA) is 89.1 Å². The SMILES string of the molecule is COc1ccccc1SC[C@H]1O[C@@H](c2cccc(-c3cccc(CNC(=O)NC45CC6CC(CC(C6)C4)C5)c3)c2)O[C@@H](c2ccc(CO)cc2)[C@H]1C. The summed E-state index contributed by atoms with van der Waals surface area (Å²) in [4.78, 5) is 14.3. The summed E-state index contributed by atoms with van der Waals surface area (Å²) in [5, 5.41) is 16.3. The molecule has 7 nitrogen and oxygen atoms in total. The molecule has 4 bridgehead atoms. The molecule has 1 saturated heterocycles. The van der Waals surface area contributed by atoms with Crippen molar-refractivity contribution < 1.29 is 24.1 Å². The van der Waals surface area contributed by atoms with E-state index >= 15 is 0 Å². The standard InChI is InChI=1S/C44H50N2O5S/c1-28-39(27-52-40-12-4-3-11-38(40)49-2)50-42(51-41(28)34-15-13-29(26-47)14-16-34)37-10-6-9-36(21-37)35-8-5-7-30(20-35)25-45-43(48)46-44-22-31-17-32(23-44)19-33(18-31)24-44/h3-16,20-21,28,31-33,39,41-42,47H,17-19,22-27H2,1-2H3,(H2,45,46,48)/t28-,31?,32?,33?,39+,41+,42+,44?/m0/s1. The molecule has 0 spiro atoms. The molecule has 1 aliphatic heterocycles. The second-order valence-corrected chi connectivity index (χ2v) is 16.7. The lowest BCUT2D eigenvalue weighted by Gasteiger charge is -2.56. The number of ether oxygens (including phenoxy) is 3. The Labute approximate surface area is 311 Å². The molecular weight excluding hydrogens is 669 g/mol. The number of carbonyl (C=O) groups excluding carboxylic acids is 1. The van der Waals surface area contributed by atoms with Gasteiger partial charge in [-0.05, 0) is 108 Å². The van der Waals surface area contributed by atoms with Crippen LogP contribution in [-0.2, 0) is 22.6 Å². The van der Waals surface area contributed by atoms with Gasteiger partial charge in [0, 0.05) is 34.2 Å². The molecule has 4 aliphatic carbocycles. The Hall–Kier alpha value is -3.82. The minimum absolute atomic E-state index is 0.00380. The fourth-order valence-electron chi connectivity index (χ4n) is 9.68. The summed E-state index contributed by atoms with van der Waals surface area (Å²) in [5.74, 6) is 4.04. The fraction of sp³-hybridized carbons (Fsp3) is 0.432. The molecule has 9 rings (SSSR count). The first-order valence-electron chi connectivity index (χ1n) is 18.9. The number of nitrogens with one attached hydrogen (secondary N) is 2. The molecule has 0 radical (unpaired) electrons. The molecule has 8 heteroatoms. The molecule has 5 fully saturated rings. The summed E-state index contributed by atoms with van der Waals surface area (Å²) < 4.78 is 19.2. The minimum atomic E-state index is -0.569. The molecule has 272 valence electrons. The average Bonchev–Trinajstić information content (AvgIpc) is 3.16. The Balaban J connectivity index is 0.973. The third kappa shape index (κ3) is 7.63. The number of hydrogen-bond donors (Lipinski definition) is 3. The number of benzene rings is 4. The molecule has 52 heavy (non-hydrogen) atoms.